The predicted molar refractivity (Wildman–Crippen MR) is 285 cm³/mol. The van der Waals surface area contributed by atoms with Crippen LogP contribution in [0.1, 0.15) is 84.6 Å². The molecule has 0 atom stereocenters. The molecule has 9 aromatic rings. The Kier molecular flexibility index (Phi) is 9.44. The summed E-state index contributed by atoms with van der Waals surface area (Å²) < 4.78 is 2.66. The van der Waals surface area contributed by atoms with Gasteiger partial charge in [0.2, 0.25) is 0 Å². The monoisotopic (exact) mass is 860 g/mol. The summed E-state index contributed by atoms with van der Waals surface area (Å²) in [5.74, 6) is 0. The summed E-state index contributed by atoms with van der Waals surface area (Å²) in [6, 6.07) is 62.8. The fraction of sp³-hybridized carbons (Fsp3) is 0.213. The molecule has 0 radical (unpaired) electrons. The van der Waals surface area contributed by atoms with Gasteiger partial charge in [-0.2, -0.15) is 0 Å². The molecule has 0 bridgehead atoms. The molecule has 2 nitrogen and oxygen atoms in total. The Labute approximate surface area is 390 Å². The van der Waals surface area contributed by atoms with E-state index >= 15 is 0 Å². The van der Waals surface area contributed by atoms with Crippen LogP contribution in [-0.2, 0) is 16.2 Å². The van der Waals surface area contributed by atoms with Gasteiger partial charge in [-0.15, -0.1) is 11.3 Å². The first-order chi connectivity index (χ1) is 31.0. The smallest absolute Gasteiger partial charge is 0.252 e. The summed E-state index contributed by atoms with van der Waals surface area (Å²) in [7, 11) is 0. The molecule has 0 aliphatic carbocycles. The van der Waals surface area contributed by atoms with Crippen molar-refractivity contribution in [2.45, 2.75) is 85.5 Å². The number of nitrogens with zero attached hydrogens (tertiary/aromatic N) is 2. The van der Waals surface area contributed by atoms with E-state index in [9.17, 15) is 0 Å². The Morgan fingerprint density at radius 3 is 1.58 bits per heavy atom. The SMILES string of the molecule is Cc1cc2c3c(c1)N(c1ccc(C(C)(C)C)cc1-c1ccccc1)c1cc(C(C)(C)C)ccc1B3c1ccc(C(C)(C)C)cc1N2c1ccc(-c2ccc3c(c2)sc2ccccc23)cc1. The van der Waals surface area contributed by atoms with Crippen molar-refractivity contribution in [1.82, 2.24) is 0 Å². The molecule has 0 saturated carbocycles. The molecule has 320 valence electrons. The maximum atomic E-state index is 2.61. The van der Waals surface area contributed by atoms with Gasteiger partial charge >= 0.3 is 0 Å². The number of anilines is 6. The second kappa shape index (κ2) is 14.8. The van der Waals surface area contributed by atoms with Gasteiger partial charge in [0, 0.05) is 54.2 Å². The van der Waals surface area contributed by atoms with Crippen LogP contribution in [0.5, 0.6) is 0 Å². The number of hydrogen-bond donors (Lipinski definition) is 0. The molecule has 3 heterocycles. The number of benzene rings is 8. The molecule has 0 amide bonds. The van der Waals surface area contributed by atoms with Gasteiger partial charge < -0.3 is 9.80 Å². The van der Waals surface area contributed by atoms with Crippen LogP contribution in [-0.4, -0.2) is 6.71 Å². The molecule has 65 heavy (non-hydrogen) atoms. The van der Waals surface area contributed by atoms with Crippen molar-refractivity contribution in [1.29, 1.82) is 0 Å². The van der Waals surface area contributed by atoms with Gasteiger partial charge in [-0.05, 0) is 139 Å². The van der Waals surface area contributed by atoms with Crippen LogP contribution in [0.25, 0.3) is 42.4 Å². The normalized spacial score (nSPS) is 13.6. The van der Waals surface area contributed by atoms with Crippen molar-refractivity contribution in [3.63, 3.8) is 0 Å². The van der Waals surface area contributed by atoms with Gasteiger partial charge in [0.15, 0.2) is 0 Å². The lowest BCUT2D eigenvalue weighted by molar-refractivity contribution is 0.590. The lowest BCUT2D eigenvalue weighted by Gasteiger charge is -2.45. The highest BCUT2D eigenvalue weighted by Gasteiger charge is 2.44. The molecular formula is C61H57BN2S. The molecule has 1 aromatic heterocycles. The molecule has 0 unspecified atom stereocenters. The van der Waals surface area contributed by atoms with Crippen molar-refractivity contribution in [2.75, 3.05) is 9.80 Å². The Morgan fingerprint density at radius 2 is 0.938 bits per heavy atom. The molecule has 11 rings (SSSR count). The van der Waals surface area contributed by atoms with Crippen molar-refractivity contribution in [2.24, 2.45) is 0 Å². The lowest BCUT2D eigenvalue weighted by atomic mass is 9.33. The van der Waals surface area contributed by atoms with Gasteiger partial charge in [0.1, 0.15) is 0 Å². The fourth-order valence-corrected chi connectivity index (χ4v) is 11.5. The molecule has 8 aromatic carbocycles. The third-order valence-corrected chi connectivity index (χ3v) is 15.1. The van der Waals surface area contributed by atoms with E-state index in [0.29, 0.717) is 0 Å². The van der Waals surface area contributed by atoms with Gasteiger partial charge in [-0.3, -0.25) is 0 Å². The Morgan fingerprint density at radius 1 is 0.400 bits per heavy atom. The third-order valence-electron chi connectivity index (χ3n) is 14.0. The number of fused-ring (bicyclic) bond motifs is 7. The number of thiophene rings is 1. The minimum absolute atomic E-state index is 0.00804. The first kappa shape index (κ1) is 41.4. The van der Waals surface area contributed by atoms with Crippen molar-refractivity contribution >= 4 is 88.7 Å². The molecular weight excluding hydrogens is 804 g/mol. The van der Waals surface area contributed by atoms with Crippen molar-refractivity contribution < 1.29 is 0 Å². The summed E-state index contributed by atoms with van der Waals surface area (Å²) >= 11 is 1.88. The van der Waals surface area contributed by atoms with Crippen LogP contribution in [0.4, 0.5) is 34.1 Å². The Bertz CT molecular complexity index is 3340. The van der Waals surface area contributed by atoms with E-state index in [0.717, 1.165) is 5.69 Å². The van der Waals surface area contributed by atoms with E-state index in [1.165, 1.54) is 110 Å². The second-order valence-corrected chi connectivity index (χ2v) is 22.7. The van der Waals surface area contributed by atoms with Crippen LogP contribution in [0.2, 0.25) is 0 Å². The minimum atomic E-state index is -0.0320. The van der Waals surface area contributed by atoms with Gasteiger partial charge in [-0.1, -0.05) is 165 Å². The zero-order chi connectivity index (χ0) is 45.2. The quantitative estimate of drug-likeness (QED) is 0.163. The largest absolute Gasteiger partial charge is 0.311 e. The van der Waals surface area contributed by atoms with E-state index < -0.39 is 0 Å². The molecule has 0 spiro atoms. The zero-order valence-electron chi connectivity index (χ0n) is 39.5. The second-order valence-electron chi connectivity index (χ2n) is 21.6. The predicted octanol–water partition coefficient (Wildman–Crippen LogP) is 15.7. The standard InChI is InChI=1S/C61H57BN2S/c1-38-32-54-58-55(33-38)64(51-31-25-42(59(2,3)4)35-48(51)40-16-12-11-13-17-40)53-37-44(61(8,9)10)24-30-50(53)62(58)49-29-23-43(60(5,6)7)36-52(49)63(54)45-26-20-39(21-27-45)41-22-28-47-46-18-14-15-19-56(46)65-57(47)34-41/h11-37H,1-10H3. The minimum Gasteiger partial charge on any atom is -0.311 e. The molecule has 4 heteroatoms. The molecule has 0 fully saturated rings. The summed E-state index contributed by atoms with van der Waals surface area (Å²) in [4.78, 5) is 5.18. The van der Waals surface area contributed by atoms with E-state index in [2.05, 4.69) is 243 Å². The average Bonchev–Trinajstić information content (AvgIpc) is 3.66. The van der Waals surface area contributed by atoms with Crippen LogP contribution in [0, 0.1) is 6.92 Å². The van der Waals surface area contributed by atoms with E-state index in [1.807, 2.05) is 11.3 Å². The lowest BCUT2D eigenvalue weighted by Crippen LogP contribution is -2.61. The summed E-state index contributed by atoms with van der Waals surface area (Å²) in [6.07, 6.45) is 0. The Balaban J connectivity index is 1.15. The average molecular weight is 861 g/mol. The zero-order valence-corrected chi connectivity index (χ0v) is 40.3. The molecule has 0 N–H and O–H groups in total. The van der Waals surface area contributed by atoms with Gasteiger partial charge in [-0.25, -0.2) is 0 Å². The van der Waals surface area contributed by atoms with Gasteiger partial charge in [0.25, 0.3) is 6.71 Å². The third kappa shape index (κ3) is 6.92. The van der Waals surface area contributed by atoms with E-state index in [4.69, 9.17) is 0 Å². The maximum Gasteiger partial charge on any atom is 0.252 e. The van der Waals surface area contributed by atoms with Crippen molar-refractivity contribution in [3.8, 4) is 22.3 Å². The van der Waals surface area contributed by atoms with Crippen molar-refractivity contribution in [3.05, 3.63) is 186 Å². The van der Waals surface area contributed by atoms with Gasteiger partial charge in [0.05, 0.1) is 5.69 Å². The number of rotatable bonds is 4. The Hall–Kier alpha value is -6.36. The number of aryl methyl sites for hydroxylation is 1. The van der Waals surface area contributed by atoms with Crippen LogP contribution >= 0.6 is 11.3 Å². The topological polar surface area (TPSA) is 6.48 Å². The number of hydrogen-bond acceptors (Lipinski definition) is 3. The first-order valence-corrected chi connectivity index (χ1v) is 24.1. The molecule has 0 saturated heterocycles. The van der Waals surface area contributed by atoms with E-state index in [1.54, 1.807) is 0 Å². The highest BCUT2D eigenvalue weighted by molar-refractivity contribution is 7.25. The van der Waals surface area contributed by atoms with E-state index in [-0.39, 0.29) is 23.0 Å². The molecule has 2 aliphatic heterocycles. The van der Waals surface area contributed by atoms with Crippen LogP contribution in [0.3, 0.4) is 0 Å². The summed E-state index contributed by atoms with van der Waals surface area (Å²) in [5.41, 5.74) is 21.5. The van der Waals surface area contributed by atoms with Crippen LogP contribution < -0.4 is 26.2 Å². The fourth-order valence-electron chi connectivity index (χ4n) is 10.4. The highest BCUT2D eigenvalue weighted by atomic mass is 32.1. The summed E-state index contributed by atoms with van der Waals surface area (Å²) in [5, 5.41) is 2.66. The first-order valence-electron chi connectivity index (χ1n) is 23.3. The van der Waals surface area contributed by atoms with Crippen LogP contribution in [0.15, 0.2) is 164 Å². The molecule has 2 aliphatic rings. The highest BCUT2D eigenvalue weighted by Crippen LogP contribution is 2.49. The summed E-state index contributed by atoms with van der Waals surface area (Å²) in [6.45, 7) is 23.3. The maximum absolute atomic E-state index is 2.61.